The molecule has 0 spiro atoms. The summed E-state index contributed by atoms with van der Waals surface area (Å²) in [6.45, 7) is 6.20. The van der Waals surface area contributed by atoms with E-state index in [0.717, 1.165) is 31.8 Å². The Morgan fingerprint density at radius 3 is 2.68 bits per heavy atom. The zero-order chi connectivity index (χ0) is 21.8. The highest BCUT2D eigenvalue weighted by molar-refractivity contribution is 7.98. The lowest BCUT2D eigenvalue weighted by molar-refractivity contribution is 0.0356. The van der Waals surface area contributed by atoms with E-state index in [4.69, 9.17) is 13.8 Å². The van der Waals surface area contributed by atoms with Crippen molar-refractivity contribution in [1.82, 2.24) is 20.3 Å². The van der Waals surface area contributed by atoms with Crippen molar-refractivity contribution >= 4 is 17.8 Å². The zero-order valence-corrected chi connectivity index (χ0v) is 18.7. The minimum atomic E-state index is -0.285. The topological polar surface area (TPSA) is 90.3 Å². The fourth-order valence-electron chi connectivity index (χ4n) is 3.40. The van der Waals surface area contributed by atoms with Gasteiger partial charge in [0, 0.05) is 29.5 Å². The molecule has 1 aromatic carbocycles. The van der Waals surface area contributed by atoms with Crippen LogP contribution in [-0.2, 0) is 11.2 Å². The lowest BCUT2D eigenvalue weighted by Crippen LogP contribution is -2.37. The molecule has 1 saturated heterocycles. The van der Waals surface area contributed by atoms with E-state index in [1.807, 2.05) is 20.1 Å². The standard InChI is InChI=1S/C21H26FN5O3S/c1-13(2)19-24-21(30-25-19)27-9-6-15(7-10-27)28-11-8-18-23-20(26-29-18)14-4-5-17(31-3)16(22)12-14/h4-5,12-13,15H,6-11H2,1-3H3. The third-order valence-electron chi connectivity index (χ3n) is 5.21. The molecule has 1 fully saturated rings. The molecule has 0 unspecified atom stereocenters. The van der Waals surface area contributed by atoms with Gasteiger partial charge in [0.05, 0.1) is 19.1 Å². The Bertz CT molecular complexity index is 1000. The second-order valence-corrected chi connectivity index (χ2v) is 8.61. The predicted octanol–water partition coefficient (Wildman–Crippen LogP) is 4.33. The van der Waals surface area contributed by atoms with Crippen LogP contribution in [0, 0.1) is 5.82 Å². The summed E-state index contributed by atoms with van der Waals surface area (Å²) in [5.41, 5.74) is 0.597. The SMILES string of the molecule is CSc1ccc(-c2noc(CCOC3CCN(c4nc(C(C)C)no4)CC3)n2)cc1F. The molecular formula is C21H26FN5O3S. The first kappa shape index (κ1) is 21.8. The summed E-state index contributed by atoms with van der Waals surface area (Å²) in [5, 5.41) is 7.99. The van der Waals surface area contributed by atoms with Crippen LogP contribution >= 0.6 is 11.8 Å². The Kier molecular flexibility index (Phi) is 6.86. The Morgan fingerprint density at radius 1 is 1.19 bits per heavy atom. The van der Waals surface area contributed by atoms with Crippen LogP contribution in [0.1, 0.15) is 44.3 Å². The minimum absolute atomic E-state index is 0.166. The number of nitrogens with zero attached hydrogens (tertiary/aromatic N) is 5. The molecule has 1 aliphatic heterocycles. The van der Waals surface area contributed by atoms with Crippen LogP contribution in [0.25, 0.3) is 11.4 Å². The molecule has 0 atom stereocenters. The first-order valence-electron chi connectivity index (χ1n) is 10.4. The number of piperidine rings is 1. The number of hydrogen-bond donors (Lipinski definition) is 0. The quantitative estimate of drug-likeness (QED) is 0.468. The molecule has 3 aromatic rings. The minimum Gasteiger partial charge on any atom is -0.378 e. The van der Waals surface area contributed by atoms with E-state index >= 15 is 0 Å². The van der Waals surface area contributed by atoms with E-state index < -0.39 is 0 Å². The molecule has 8 nitrogen and oxygen atoms in total. The van der Waals surface area contributed by atoms with Gasteiger partial charge in [-0.2, -0.15) is 9.97 Å². The molecule has 0 amide bonds. The monoisotopic (exact) mass is 447 g/mol. The van der Waals surface area contributed by atoms with Crippen LogP contribution in [0.2, 0.25) is 0 Å². The van der Waals surface area contributed by atoms with Gasteiger partial charge in [-0.15, -0.1) is 11.8 Å². The lowest BCUT2D eigenvalue weighted by Gasteiger charge is -2.30. The summed E-state index contributed by atoms with van der Waals surface area (Å²) < 4.78 is 30.6. The fraction of sp³-hybridized carbons (Fsp3) is 0.524. The Hall–Kier alpha value is -2.46. The maximum atomic E-state index is 14.0. The van der Waals surface area contributed by atoms with E-state index in [1.54, 1.807) is 12.1 Å². The first-order chi connectivity index (χ1) is 15.0. The normalized spacial score (nSPS) is 15.2. The Morgan fingerprint density at radius 2 is 2.00 bits per heavy atom. The zero-order valence-electron chi connectivity index (χ0n) is 17.9. The first-order valence-corrected chi connectivity index (χ1v) is 11.6. The molecule has 0 bridgehead atoms. The summed E-state index contributed by atoms with van der Waals surface area (Å²) in [5.74, 6) is 1.56. The van der Waals surface area contributed by atoms with Crippen LogP contribution in [0.5, 0.6) is 0 Å². The van der Waals surface area contributed by atoms with Gasteiger partial charge in [-0.3, -0.25) is 0 Å². The van der Waals surface area contributed by atoms with Gasteiger partial charge in [-0.1, -0.05) is 24.2 Å². The number of ether oxygens (including phenoxy) is 1. The summed E-state index contributed by atoms with van der Waals surface area (Å²) >= 11 is 1.36. The van der Waals surface area contributed by atoms with Gasteiger partial charge in [-0.05, 0) is 37.3 Å². The molecule has 0 radical (unpaired) electrons. The molecule has 3 heterocycles. The van der Waals surface area contributed by atoms with Gasteiger partial charge in [0.15, 0.2) is 5.82 Å². The van der Waals surface area contributed by atoms with Crippen LogP contribution in [0.15, 0.2) is 32.1 Å². The van der Waals surface area contributed by atoms with E-state index in [2.05, 4.69) is 25.2 Å². The number of halogens is 1. The number of aromatic nitrogens is 4. The maximum absolute atomic E-state index is 14.0. The molecule has 10 heteroatoms. The Balaban J connectivity index is 1.23. The van der Waals surface area contributed by atoms with Crippen molar-refractivity contribution < 1.29 is 18.2 Å². The predicted molar refractivity (Wildman–Crippen MR) is 115 cm³/mol. The van der Waals surface area contributed by atoms with Crippen molar-refractivity contribution in [3.63, 3.8) is 0 Å². The van der Waals surface area contributed by atoms with Crippen molar-refractivity contribution in [1.29, 1.82) is 0 Å². The van der Waals surface area contributed by atoms with Crippen molar-refractivity contribution in [2.24, 2.45) is 0 Å². The summed E-state index contributed by atoms with van der Waals surface area (Å²) in [4.78, 5) is 11.5. The summed E-state index contributed by atoms with van der Waals surface area (Å²) in [6.07, 6.45) is 4.28. The smallest absolute Gasteiger partial charge is 0.324 e. The van der Waals surface area contributed by atoms with Crippen LogP contribution < -0.4 is 4.90 Å². The second-order valence-electron chi connectivity index (χ2n) is 7.76. The number of hydrogen-bond acceptors (Lipinski definition) is 9. The molecule has 31 heavy (non-hydrogen) atoms. The van der Waals surface area contributed by atoms with Crippen LogP contribution in [-0.4, -0.2) is 52.3 Å². The van der Waals surface area contributed by atoms with Gasteiger partial charge >= 0.3 is 6.01 Å². The largest absolute Gasteiger partial charge is 0.378 e. The molecule has 0 saturated carbocycles. The van der Waals surface area contributed by atoms with Gasteiger partial charge in [0.1, 0.15) is 5.82 Å². The van der Waals surface area contributed by atoms with E-state index in [-0.39, 0.29) is 17.8 Å². The number of thioether (sulfide) groups is 1. The average Bonchev–Trinajstić information content (AvgIpc) is 3.44. The van der Waals surface area contributed by atoms with Crippen molar-refractivity contribution in [3.8, 4) is 11.4 Å². The van der Waals surface area contributed by atoms with E-state index in [0.29, 0.717) is 41.2 Å². The Labute approximate surface area is 184 Å². The number of benzene rings is 1. The fourth-order valence-corrected chi connectivity index (χ4v) is 3.85. The number of anilines is 1. The third-order valence-corrected chi connectivity index (χ3v) is 5.98. The highest BCUT2D eigenvalue weighted by Gasteiger charge is 2.24. The van der Waals surface area contributed by atoms with Crippen molar-refractivity contribution in [2.45, 2.75) is 50.0 Å². The van der Waals surface area contributed by atoms with Gasteiger partial charge < -0.3 is 18.7 Å². The molecule has 4 rings (SSSR count). The van der Waals surface area contributed by atoms with Gasteiger partial charge in [-0.25, -0.2) is 4.39 Å². The van der Waals surface area contributed by atoms with E-state index in [1.165, 1.54) is 17.8 Å². The summed E-state index contributed by atoms with van der Waals surface area (Å²) in [6, 6.07) is 5.53. The van der Waals surface area contributed by atoms with Crippen molar-refractivity contribution in [2.75, 3.05) is 30.9 Å². The third kappa shape index (κ3) is 5.24. The molecule has 166 valence electrons. The average molecular weight is 448 g/mol. The summed E-state index contributed by atoms with van der Waals surface area (Å²) in [7, 11) is 0. The molecule has 0 aliphatic carbocycles. The van der Waals surface area contributed by atoms with Crippen LogP contribution in [0.4, 0.5) is 10.4 Å². The van der Waals surface area contributed by atoms with Gasteiger partial charge in [0.25, 0.3) is 0 Å². The molecule has 0 N–H and O–H groups in total. The molecule has 1 aliphatic rings. The van der Waals surface area contributed by atoms with Crippen LogP contribution in [0.3, 0.4) is 0 Å². The van der Waals surface area contributed by atoms with E-state index in [9.17, 15) is 4.39 Å². The highest BCUT2D eigenvalue weighted by atomic mass is 32.2. The van der Waals surface area contributed by atoms with Crippen molar-refractivity contribution in [3.05, 3.63) is 35.7 Å². The highest BCUT2D eigenvalue weighted by Crippen LogP contribution is 2.25. The lowest BCUT2D eigenvalue weighted by atomic mass is 10.1. The second kappa shape index (κ2) is 9.78. The molecule has 2 aromatic heterocycles. The maximum Gasteiger partial charge on any atom is 0.324 e. The number of rotatable bonds is 8. The molecular weight excluding hydrogens is 421 g/mol. The van der Waals surface area contributed by atoms with Gasteiger partial charge in [0.2, 0.25) is 11.7 Å².